The van der Waals surface area contributed by atoms with Gasteiger partial charge in [0.25, 0.3) is 5.91 Å². The summed E-state index contributed by atoms with van der Waals surface area (Å²) in [4.78, 5) is 37.3. The number of nitrogens with two attached hydrogens (primary N) is 1. The number of carbonyl (C=O) groups excluding carboxylic acids is 2. The third kappa shape index (κ3) is 4.36. The van der Waals surface area contributed by atoms with Gasteiger partial charge in [0.15, 0.2) is 0 Å². The van der Waals surface area contributed by atoms with E-state index in [4.69, 9.17) is 5.73 Å². The van der Waals surface area contributed by atoms with Crippen molar-refractivity contribution in [1.29, 1.82) is 0 Å². The zero-order valence-corrected chi connectivity index (χ0v) is 17.7. The number of para-hydroxylation sites is 1. The number of primary amides is 1. The van der Waals surface area contributed by atoms with Gasteiger partial charge in [0, 0.05) is 24.4 Å². The molecule has 4 N–H and O–H groups in total. The number of imidazole rings is 1. The van der Waals surface area contributed by atoms with E-state index in [1.807, 2.05) is 60.7 Å². The summed E-state index contributed by atoms with van der Waals surface area (Å²) in [6, 6.07) is 21.9. The van der Waals surface area contributed by atoms with E-state index in [9.17, 15) is 9.59 Å². The monoisotopic (exact) mass is 451 g/mol. The van der Waals surface area contributed by atoms with E-state index < -0.39 is 17.9 Å². The number of fused-ring (bicyclic) bond motifs is 2. The molecule has 0 aliphatic carbocycles. The van der Waals surface area contributed by atoms with Crippen LogP contribution in [0.3, 0.4) is 0 Å². The fraction of sp³-hybridized carbons (Fsp3) is 0.111. The van der Waals surface area contributed by atoms with Crippen LogP contribution in [0.1, 0.15) is 23.3 Å². The Balaban J connectivity index is 0.00000274. The van der Waals surface area contributed by atoms with Crippen LogP contribution in [0.5, 0.6) is 0 Å². The summed E-state index contributed by atoms with van der Waals surface area (Å²) in [6.07, 6.45) is 3.66. The zero-order chi connectivity index (χ0) is 22.8. The molecule has 2 heterocycles. The molecular weight excluding hydrogens is 426 g/mol. The quantitative estimate of drug-likeness (QED) is 0.358. The summed E-state index contributed by atoms with van der Waals surface area (Å²) in [6.45, 7) is 0. The highest BCUT2D eigenvalue weighted by molar-refractivity contribution is 6.06. The lowest BCUT2D eigenvalue weighted by Gasteiger charge is -2.17. The number of rotatable bonds is 6. The lowest BCUT2D eigenvalue weighted by Crippen LogP contribution is -2.45. The first-order valence-electron chi connectivity index (χ1n) is 10.6. The Hall–Kier alpha value is -4.52. The van der Waals surface area contributed by atoms with Gasteiger partial charge in [0.2, 0.25) is 5.91 Å². The van der Waals surface area contributed by atoms with E-state index in [1.165, 1.54) is 0 Å². The van der Waals surface area contributed by atoms with E-state index in [-0.39, 0.29) is 7.43 Å². The van der Waals surface area contributed by atoms with Crippen LogP contribution in [0, 0.1) is 0 Å². The topological polar surface area (TPSA) is 114 Å². The van der Waals surface area contributed by atoms with E-state index in [2.05, 4.69) is 20.3 Å². The first-order valence-corrected chi connectivity index (χ1v) is 10.6. The van der Waals surface area contributed by atoms with Crippen LogP contribution in [0.4, 0.5) is 0 Å². The number of nitrogens with zero attached hydrogens (tertiary/aromatic N) is 2. The maximum Gasteiger partial charge on any atom is 0.254 e. The highest BCUT2D eigenvalue weighted by Gasteiger charge is 2.22. The molecule has 7 heteroatoms. The molecule has 1 atom stereocenters. The molecule has 5 rings (SSSR count). The number of aromatic amines is 1. The molecule has 34 heavy (non-hydrogen) atoms. The average molecular weight is 452 g/mol. The minimum atomic E-state index is -0.864. The maximum atomic E-state index is 13.2. The molecule has 3 aromatic carbocycles. The first kappa shape index (κ1) is 22.7. The molecule has 0 bridgehead atoms. The van der Waals surface area contributed by atoms with Gasteiger partial charge in [-0.05, 0) is 40.6 Å². The van der Waals surface area contributed by atoms with E-state index in [0.717, 1.165) is 27.4 Å². The highest BCUT2D eigenvalue weighted by Crippen LogP contribution is 2.23. The van der Waals surface area contributed by atoms with Crippen molar-refractivity contribution in [2.45, 2.75) is 19.9 Å². The predicted octanol–water partition coefficient (Wildman–Crippen LogP) is 4.24. The number of benzene rings is 3. The van der Waals surface area contributed by atoms with Crippen molar-refractivity contribution in [3.63, 3.8) is 0 Å². The number of pyridine rings is 1. The molecule has 5 aromatic rings. The highest BCUT2D eigenvalue weighted by atomic mass is 16.2. The largest absolute Gasteiger partial charge is 0.368 e. The summed E-state index contributed by atoms with van der Waals surface area (Å²) < 4.78 is 0. The molecule has 0 spiro atoms. The molecule has 0 radical (unpaired) electrons. The smallest absolute Gasteiger partial charge is 0.254 e. The molecule has 0 saturated heterocycles. The van der Waals surface area contributed by atoms with Crippen LogP contribution >= 0.6 is 0 Å². The van der Waals surface area contributed by atoms with Crippen LogP contribution in [-0.2, 0) is 11.2 Å². The van der Waals surface area contributed by atoms with Crippen molar-refractivity contribution >= 4 is 33.6 Å². The van der Waals surface area contributed by atoms with Crippen molar-refractivity contribution in [3.8, 4) is 11.4 Å². The normalized spacial score (nSPS) is 11.6. The molecule has 170 valence electrons. The molecule has 0 fully saturated rings. The van der Waals surface area contributed by atoms with E-state index in [1.54, 1.807) is 24.5 Å². The molecule has 2 amide bonds. The summed E-state index contributed by atoms with van der Waals surface area (Å²) in [5.74, 6) is -0.366. The summed E-state index contributed by atoms with van der Waals surface area (Å²) in [5.41, 5.74) is 9.08. The Morgan fingerprint density at radius 2 is 1.68 bits per heavy atom. The molecule has 0 saturated carbocycles. The minimum Gasteiger partial charge on any atom is -0.368 e. The molecular formula is C27H25N5O2. The summed E-state index contributed by atoms with van der Waals surface area (Å²) >= 11 is 0. The Morgan fingerprint density at radius 3 is 2.47 bits per heavy atom. The van der Waals surface area contributed by atoms with Crippen molar-refractivity contribution in [2.24, 2.45) is 5.73 Å². The fourth-order valence-corrected chi connectivity index (χ4v) is 4.01. The SMILES string of the molecule is C.NC(=O)[C@H](Cc1cccc2ccccc12)NC(=O)c1cccc2[nH]c(-c3ccncc3)nc12. The van der Waals surface area contributed by atoms with Crippen LogP contribution in [0.25, 0.3) is 33.2 Å². The number of nitrogens with one attached hydrogen (secondary N) is 2. The second-order valence-electron chi connectivity index (χ2n) is 7.79. The number of amides is 2. The van der Waals surface area contributed by atoms with Crippen molar-refractivity contribution in [1.82, 2.24) is 20.3 Å². The van der Waals surface area contributed by atoms with Crippen molar-refractivity contribution in [2.75, 3.05) is 0 Å². The Bertz CT molecular complexity index is 1470. The lowest BCUT2D eigenvalue weighted by molar-refractivity contribution is -0.119. The van der Waals surface area contributed by atoms with Gasteiger partial charge in [-0.15, -0.1) is 0 Å². The third-order valence-electron chi connectivity index (χ3n) is 5.66. The second-order valence-corrected chi connectivity index (χ2v) is 7.79. The van der Waals surface area contributed by atoms with Gasteiger partial charge < -0.3 is 16.0 Å². The average Bonchev–Trinajstić information content (AvgIpc) is 3.29. The Morgan fingerprint density at radius 1 is 0.941 bits per heavy atom. The van der Waals surface area contributed by atoms with Crippen molar-refractivity contribution < 1.29 is 9.59 Å². The predicted molar refractivity (Wildman–Crippen MR) is 134 cm³/mol. The van der Waals surface area contributed by atoms with E-state index in [0.29, 0.717) is 23.3 Å². The molecule has 0 unspecified atom stereocenters. The number of carbonyl (C=O) groups is 2. The van der Waals surface area contributed by atoms with E-state index >= 15 is 0 Å². The minimum absolute atomic E-state index is 0. The standard InChI is InChI=1S/C26H21N5O2.CH4/c27-24(32)22(15-18-7-3-6-16-5-1-2-8-19(16)18)30-26(33)20-9-4-10-21-23(20)31-25(29-21)17-11-13-28-14-12-17;/h1-14,22H,15H2,(H2,27,32)(H,29,31)(H,30,33);1H4/t22-;/m0./s1. The van der Waals surface area contributed by atoms with Gasteiger partial charge in [-0.25, -0.2) is 4.98 Å². The van der Waals surface area contributed by atoms with Gasteiger partial charge >= 0.3 is 0 Å². The number of hydrogen-bond donors (Lipinski definition) is 3. The first-order chi connectivity index (χ1) is 16.1. The van der Waals surface area contributed by atoms with Gasteiger partial charge in [0.1, 0.15) is 17.4 Å². The molecule has 0 aliphatic rings. The Kier molecular flexibility index (Phi) is 6.36. The fourth-order valence-electron chi connectivity index (χ4n) is 4.01. The van der Waals surface area contributed by atoms with Gasteiger partial charge in [-0.1, -0.05) is 56.0 Å². The number of H-pyrrole nitrogens is 1. The maximum absolute atomic E-state index is 13.2. The molecule has 7 nitrogen and oxygen atoms in total. The van der Waals surface area contributed by atoms with Crippen LogP contribution in [-0.4, -0.2) is 32.8 Å². The van der Waals surface area contributed by atoms with Crippen LogP contribution in [0.2, 0.25) is 0 Å². The van der Waals surface area contributed by atoms with Gasteiger partial charge in [-0.2, -0.15) is 0 Å². The lowest BCUT2D eigenvalue weighted by atomic mass is 9.98. The van der Waals surface area contributed by atoms with Crippen LogP contribution in [0.15, 0.2) is 85.2 Å². The number of aromatic nitrogens is 3. The second kappa shape index (κ2) is 9.54. The van der Waals surface area contributed by atoms with Crippen molar-refractivity contribution in [3.05, 3.63) is 96.3 Å². The molecule has 0 aliphatic heterocycles. The Labute approximate surface area is 197 Å². The third-order valence-corrected chi connectivity index (χ3v) is 5.66. The van der Waals surface area contributed by atoms with Gasteiger partial charge in [0.05, 0.1) is 11.1 Å². The summed E-state index contributed by atoms with van der Waals surface area (Å²) in [7, 11) is 0. The zero-order valence-electron chi connectivity index (χ0n) is 17.7. The van der Waals surface area contributed by atoms with Crippen LogP contribution < -0.4 is 11.1 Å². The van der Waals surface area contributed by atoms with Gasteiger partial charge in [-0.3, -0.25) is 14.6 Å². The number of hydrogen-bond acceptors (Lipinski definition) is 4. The summed E-state index contributed by atoms with van der Waals surface area (Å²) in [5, 5.41) is 4.90. The molecule has 2 aromatic heterocycles.